The van der Waals surface area contributed by atoms with Gasteiger partial charge in [-0.2, -0.15) is 0 Å². The lowest BCUT2D eigenvalue weighted by molar-refractivity contribution is 0.0223. The maximum Gasteiger partial charge on any atom is 0.410 e. The lowest BCUT2D eigenvalue weighted by atomic mass is 10.0. The Morgan fingerprint density at radius 1 is 1.44 bits per heavy atom. The summed E-state index contributed by atoms with van der Waals surface area (Å²) in [6.07, 6.45) is 1.86. The van der Waals surface area contributed by atoms with E-state index in [-0.39, 0.29) is 11.7 Å². The molecule has 1 aromatic heterocycles. The van der Waals surface area contributed by atoms with E-state index in [2.05, 4.69) is 4.98 Å². The molecule has 18 heavy (non-hydrogen) atoms. The first-order chi connectivity index (χ1) is 8.37. The average Bonchev–Trinajstić information content (AvgIpc) is 2.26. The highest BCUT2D eigenvalue weighted by atomic mass is 16.6. The number of nitrogens with zero attached hydrogens (tertiary/aromatic N) is 1. The molecule has 0 unspecified atom stereocenters. The molecular formula is C13H18N2O3. The number of aromatic amines is 1. The summed E-state index contributed by atoms with van der Waals surface area (Å²) in [5.74, 6) is 0. The van der Waals surface area contributed by atoms with E-state index in [9.17, 15) is 9.59 Å². The first-order valence-corrected chi connectivity index (χ1v) is 6.04. The quantitative estimate of drug-likeness (QED) is 0.761. The Morgan fingerprint density at radius 3 is 2.83 bits per heavy atom. The number of carbonyl (C=O) groups excluding carboxylic acids is 1. The van der Waals surface area contributed by atoms with Crippen LogP contribution in [0, 0.1) is 0 Å². The van der Waals surface area contributed by atoms with E-state index in [1.807, 2.05) is 26.8 Å². The molecule has 5 heteroatoms. The predicted octanol–water partition coefficient (Wildman–Crippen LogP) is 1.67. The molecule has 0 fully saturated rings. The van der Waals surface area contributed by atoms with E-state index >= 15 is 0 Å². The molecule has 2 rings (SSSR count). The minimum atomic E-state index is -0.495. The van der Waals surface area contributed by atoms with Crippen LogP contribution in [-0.4, -0.2) is 28.1 Å². The summed E-state index contributed by atoms with van der Waals surface area (Å²) >= 11 is 0. The largest absolute Gasteiger partial charge is 0.444 e. The number of rotatable bonds is 0. The normalized spacial score (nSPS) is 15.2. The molecule has 0 atom stereocenters. The monoisotopic (exact) mass is 250 g/mol. The topological polar surface area (TPSA) is 62.4 Å². The van der Waals surface area contributed by atoms with Crippen molar-refractivity contribution in [1.82, 2.24) is 9.88 Å². The molecular weight excluding hydrogens is 232 g/mol. The number of carbonyl (C=O) groups is 1. The minimum Gasteiger partial charge on any atom is -0.444 e. The van der Waals surface area contributed by atoms with Crippen molar-refractivity contribution in [3.8, 4) is 0 Å². The zero-order valence-corrected chi connectivity index (χ0v) is 10.9. The molecule has 98 valence electrons. The number of pyridine rings is 1. The van der Waals surface area contributed by atoms with Gasteiger partial charge in [-0.1, -0.05) is 0 Å². The van der Waals surface area contributed by atoms with Gasteiger partial charge in [-0.25, -0.2) is 4.79 Å². The predicted molar refractivity (Wildman–Crippen MR) is 67.4 cm³/mol. The Labute approximate surface area is 106 Å². The fourth-order valence-corrected chi connectivity index (χ4v) is 1.99. The molecule has 0 spiro atoms. The Kier molecular flexibility index (Phi) is 3.15. The second kappa shape index (κ2) is 4.48. The van der Waals surface area contributed by atoms with Crippen LogP contribution in [0.15, 0.2) is 17.1 Å². The molecule has 1 aromatic rings. The molecule has 0 aromatic carbocycles. The van der Waals surface area contributed by atoms with E-state index in [1.54, 1.807) is 11.1 Å². The molecule has 0 saturated heterocycles. The fraction of sp³-hybridized carbons (Fsp3) is 0.538. The van der Waals surface area contributed by atoms with Crippen LogP contribution in [0.25, 0.3) is 0 Å². The first-order valence-electron chi connectivity index (χ1n) is 6.04. The van der Waals surface area contributed by atoms with Crippen LogP contribution < -0.4 is 5.56 Å². The summed E-state index contributed by atoms with van der Waals surface area (Å²) in [6.45, 7) is 6.48. The highest BCUT2D eigenvalue weighted by Crippen LogP contribution is 2.18. The molecule has 1 aliphatic rings. The Bertz CT molecular complexity index is 514. The van der Waals surface area contributed by atoms with Gasteiger partial charge in [0.1, 0.15) is 5.60 Å². The second-order valence-electron chi connectivity index (χ2n) is 5.46. The fourth-order valence-electron chi connectivity index (χ4n) is 1.99. The van der Waals surface area contributed by atoms with Gasteiger partial charge in [0, 0.05) is 24.8 Å². The van der Waals surface area contributed by atoms with E-state index in [1.165, 1.54) is 0 Å². The third-order valence-electron chi connectivity index (χ3n) is 2.81. The van der Waals surface area contributed by atoms with Crippen LogP contribution >= 0.6 is 0 Å². The molecule has 0 aliphatic carbocycles. The van der Waals surface area contributed by atoms with Gasteiger partial charge in [0.2, 0.25) is 0 Å². The number of aromatic nitrogens is 1. The summed E-state index contributed by atoms with van der Waals surface area (Å²) in [5.41, 5.74) is 1.12. The van der Waals surface area contributed by atoms with Crippen molar-refractivity contribution >= 4 is 6.09 Å². The van der Waals surface area contributed by atoms with Crippen LogP contribution in [-0.2, 0) is 17.7 Å². The standard InChI is InChI=1S/C13H18N2O3/c1-13(2,3)18-12(17)15-7-5-10-9(8-15)4-6-14-11(10)16/h4,6H,5,7-8H2,1-3H3,(H,14,16). The van der Waals surface area contributed by atoms with Gasteiger partial charge in [-0.05, 0) is 38.8 Å². The molecule has 0 bridgehead atoms. The van der Waals surface area contributed by atoms with Crippen LogP contribution in [0.2, 0.25) is 0 Å². The number of H-pyrrole nitrogens is 1. The maximum atomic E-state index is 11.9. The highest BCUT2D eigenvalue weighted by Gasteiger charge is 2.26. The van der Waals surface area contributed by atoms with E-state index in [0.717, 1.165) is 11.1 Å². The summed E-state index contributed by atoms with van der Waals surface area (Å²) in [5, 5.41) is 0. The Balaban J connectivity index is 2.13. The SMILES string of the molecule is CC(C)(C)OC(=O)N1CCc2c(cc[nH]c2=O)C1. The van der Waals surface area contributed by atoms with Gasteiger partial charge in [-0.3, -0.25) is 4.79 Å². The van der Waals surface area contributed by atoms with Gasteiger partial charge in [0.15, 0.2) is 0 Å². The van der Waals surface area contributed by atoms with Crippen LogP contribution in [0.1, 0.15) is 31.9 Å². The van der Waals surface area contributed by atoms with Crippen molar-refractivity contribution in [1.29, 1.82) is 0 Å². The first kappa shape index (κ1) is 12.7. The van der Waals surface area contributed by atoms with Crippen molar-refractivity contribution < 1.29 is 9.53 Å². The summed E-state index contributed by atoms with van der Waals surface area (Å²) in [7, 11) is 0. The lowest BCUT2D eigenvalue weighted by Gasteiger charge is -2.30. The van der Waals surface area contributed by atoms with Gasteiger partial charge in [0.05, 0.1) is 0 Å². The number of ether oxygens (including phenoxy) is 1. The van der Waals surface area contributed by atoms with Gasteiger partial charge >= 0.3 is 6.09 Å². The number of hydrogen-bond acceptors (Lipinski definition) is 3. The van der Waals surface area contributed by atoms with Crippen molar-refractivity contribution in [2.24, 2.45) is 0 Å². The van der Waals surface area contributed by atoms with E-state index in [4.69, 9.17) is 4.74 Å². The van der Waals surface area contributed by atoms with Gasteiger partial charge < -0.3 is 14.6 Å². The molecule has 5 nitrogen and oxygen atoms in total. The van der Waals surface area contributed by atoms with Crippen LogP contribution in [0.3, 0.4) is 0 Å². The van der Waals surface area contributed by atoms with Gasteiger partial charge in [0.25, 0.3) is 5.56 Å². The number of amides is 1. The number of hydrogen-bond donors (Lipinski definition) is 1. The molecule has 2 heterocycles. The molecule has 0 radical (unpaired) electrons. The lowest BCUT2D eigenvalue weighted by Crippen LogP contribution is -2.41. The zero-order chi connectivity index (χ0) is 13.3. The Morgan fingerprint density at radius 2 is 2.17 bits per heavy atom. The molecule has 1 N–H and O–H groups in total. The van der Waals surface area contributed by atoms with Crippen molar-refractivity contribution in [2.75, 3.05) is 6.54 Å². The van der Waals surface area contributed by atoms with Gasteiger partial charge in [-0.15, -0.1) is 0 Å². The summed E-state index contributed by atoms with van der Waals surface area (Å²) < 4.78 is 5.32. The number of fused-ring (bicyclic) bond motifs is 1. The Hall–Kier alpha value is -1.78. The third-order valence-corrected chi connectivity index (χ3v) is 2.81. The van der Waals surface area contributed by atoms with Crippen molar-refractivity contribution in [2.45, 2.75) is 39.3 Å². The third kappa shape index (κ3) is 2.72. The van der Waals surface area contributed by atoms with Crippen LogP contribution in [0.4, 0.5) is 4.79 Å². The summed E-state index contributed by atoms with van der Waals surface area (Å²) in [4.78, 5) is 27.8. The zero-order valence-electron chi connectivity index (χ0n) is 10.9. The maximum absolute atomic E-state index is 11.9. The summed E-state index contributed by atoms with van der Waals surface area (Å²) in [6, 6.07) is 1.84. The van der Waals surface area contributed by atoms with Crippen LogP contribution in [0.5, 0.6) is 0 Å². The molecule has 1 amide bonds. The molecule has 1 aliphatic heterocycles. The smallest absolute Gasteiger partial charge is 0.410 e. The number of nitrogens with one attached hydrogen (secondary N) is 1. The highest BCUT2D eigenvalue weighted by molar-refractivity contribution is 5.68. The second-order valence-corrected chi connectivity index (χ2v) is 5.46. The van der Waals surface area contributed by atoms with E-state index < -0.39 is 5.60 Å². The minimum absolute atomic E-state index is 0.0589. The van der Waals surface area contributed by atoms with Crippen molar-refractivity contribution in [3.63, 3.8) is 0 Å². The molecule has 0 saturated carbocycles. The average molecular weight is 250 g/mol. The van der Waals surface area contributed by atoms with E-state index in [0.29, 0.717) is 19.5 Å². The van der Waals surface area contributed by atoms with Crippen molar-refractivity contribution in [3.05, 3.63) is 33.7 Å².